The fraction of sp³-hybridized carbons (Fsp3) is 0.438. The van der Waals surface area contributed by atoms with Crippen LogP contribution in [-0.2, 0) is 6.61 Å². The number of rotatable bonds is 11. The van der Waals surface area contributed by atoms with Gasteiger partial charge in [0.25, 0.3) is 0 Å². The van der Waals surface area contributed by atoms with Crippen molar-refractivity contribution in [2.45, 2.75) is 83.7 Å². The normalized spacial score (nSPS) is 17.2. The van der Waals surface area contributed by atoms with Crippen LogP contribution in [0.1, 0.15) is 92.4 Å². The molecule has 1 saturated carbocycles. The van der Waals surface area contributed by atoms with E-state index in [9.17, 15) is 22.0 Å². The zero-order valence-corrected chi connectivity index (χ0v) is 22.8. The van der Waals surface area contributed by atoms with Gasteiger partial charge in [-0.15, -0.1) is 0 Å². The molecule has 3 aromatic carbocycles. The Kier molecular flexibility index (Phi) is 10.0. The second-order valence-electron chi connectivity index (χ2n) is 10.5. The van der Waals surface area contributed by atoms with Gasteiger partial charge in [0.1, 0.15) is 6.61 Å². The van der Waals surface area contributed by atoms with Crippen LogP contribution in [0.15, 0.2) is 36.4 Å². The summed E-state index contributed by atoms with van der Waals surface area (Å²) in [5, 5.41) is 0. The molecule has 0 aliphatic heterocycles. The Labute approximate surface area is 231 Å². The van der Waals surface area contributed by atoms with Crippen molar-refractivity contribution < 1.29 is 35.8 Å². The van der Waals surface area contributed by atoms with E-state index in [-0.39, 0.29) is 40.9 Å². The summed E-state index contributed by atoms with van der Waals surface area (Å²) in [7, 11) is 0. The first kappa shape index (κ1) is 29.8. The Balaban J connectivity index is 1.37. The third-order valence-corrected chi connectivity index (χ3v) is 7.75. The van der Waals surface area contributed by atoms with E-state index in [4.69, 9.17) is 9.47 Å². The molecular formula is C32H34F6O2. The van der Waals surface area contributed by atoms with Crippen molar-refractivity contribution in [3.8, 4) is 11.5 Å². The first-order valence-electron chi connectivity index (χ1n) is 13.9. The average molecular weight is 565 g/mol. The van der Waals surface area contributed by atoms with Crippen molar-refractivity contribution in [2.24, 2.45) is 0 Å². The quantitative estimate of drug-likeness (QED) is 0.170. The van der Waals surface area contributed by atoms with Crippen molar-refractivity contribution >= 4 is 0 Å². The summed E-state index contributed by atoms with van der Waals surface area (Å²) in [4.78, 5) is 0. The van der Waals surface area contributed by atoms with Crippen LogP contribution in [0.4, 0.5) is 26.3 Å². The van der Waals surface area contributed by atoms with Crippen molar-refractivity contribution in [1.82, 2.24) is 0 Å². The van der Waals surface area contributed by atoms with Crippen molar-refractivity contribution in [1.29, 1.82) is 0 Å². The predicted octanol–water partition coefficient (Wildman–Crippen LogP) is 9.81. The molecular weight excluding hydrogens is 530 g/mol. The van der Waals surface area contributed by atoms with Crippen LogP contribution < -0.4 is 9.47 Å². The largest absolute Gasteiger partial charge is 0.490 e. The molecule has 0 aromatic heterocycles. The van der Waals surface area contributed by atoms with Gasteiger partial charge in [0.05, 0.1) is 6.61 Å². The van der Waals surface area contributed by atoms with Gasteiger partial charge in [-0.1, -0.05) is 44.4 Å². The van der Waals surface area contributed by atoms with Crippen LogP contribution in [0, 0.1) is 41.8 Å². The van der Waals surface area contributed by atoms with Crippen LogP contribution in [0.3, 0.4) is 0 Å². The lowest BCUT2D eigenvalue weighted by molar-refractivity contribution is 0.268. The highest BCUT2D eigenvalue weighted by Gasteiger charge is 2.29. The maximum Gasteiger partial charge on any atom is 0.201 e. The average Bonchev–Trinajstić information content (AvgIpc) is 2.96. The summed E-state index contributed by atoms with van der Waals surface area (Å²) >= 11 is 0. The number of hydrogen-bond donors (Lipinski definition) is 0. The molecule has 1 aliphatic rings. The molecule has 0 unspecified atom stereocenters. The molecule has 0 N–H and O–H groups in total. The molecule has 0 spiro atoms. The molecule has 0 amide bonds. The minimum atomic E-state index is -1.21. The number of unbranched alkanes of at least 4 members (excludes halogenated alkanes) is 3. The Bertz CT molecular complexity index is 1320. The monoisotopic (exact) mass is 564 g/mol. The smallest absolute Gasteiger partial charge is 0.201 e. The summed E-state index contributed by atoms with van der Waals surface area (Å²) in [6, 6.07) is 8.43. The lowest BCUT2D eigenvalue weighted by atomic mass is 9.75. The Morgan fingerprint density at radius 2 is 1.15 bits per heavy atom. The number of hydrogen-bond acceptors (Lipinski definition) is 2. The number of ether oxygens (including phenoxy) is 2. The molecule has 216 valence electrons. The molecule has 0 heterocycles. The SMILES string of the molecule is CCCCCCOc1ccc(COc2ccc(C3CCC(c4ccc(C)c(F)c4F)CC3)c(F)c2F)c(F)c1F. The molecule has 1 aliphatic carbocycles. The van der Waals surface area contributed by atoms with Gasteiger partial charge in [-0.2, -0.15) is 8.78 Å². The fourth-order valence-electron chi connectivity index (χ4n) is 5.33. The summed E-state index contributed by atoms with van der Waals surface area (Å²) in [5.74, 6) is -7.39. The molecule has 2 nitrogen and oxygen atoms in total. The minimum absolute atomic E-state index is 0.155. The van der Waals surface area contributed by atoms with E-state index >= 15 is 4.39 Å². The van der Waals surface area contributed by atoms with Crippen molar-refractivity contribution in [3.05, 3.63) is 93.6 Å². The first-order chi connectivity index (χ1) is 19.2. The molecule has 0 saturated heterocycles. The molecule has 0 radical (unpaired) electrons. The zero-order chi connectivity index (χ0) is 28.8. The highest BCUT2D eigenvalue weighted by atomic mass is 19.2. The van der Waals surface area contributed by atoms with Gasteiger partial charge >= 0.3 is 0 Å². The number of benzene rings is 3. The molecule has 8 heteroatoms. The third-order valence-electron chi connectivity index (χ3n) is 7.75. The summed E-state index contributed by atoms with van der Waals surface area (Å²) in [5.41, 5.74) is 0.573. The Morgan fingerprint density at radius 1 is 0.600 bits per heavy atom. The molecule has 1 fully saturated rings. The fourth-order valence-corrected chi connectivity index (χ4v) is 5.33. The summed E-state index contributed by atoms with van der Waals surface area (Å²) < 4.78 is 98.0. The molecule has 4 rings (SSSR count). The highest BCUT2D eigenvalue weighted by Crippen LogP contribution is 2.43. The highest BCUT2D eigenvalue weighted by molar-refractivity contribution is 5.35. The van der Waals surface area contributed by atoms with E-state index in [0.29, 0.717) is 31.2 Å². The van der Waals surface area contributed by atoms with Gasteiger partial charge in [0.2, 0.25) is 11.6 Å². The maximum absolute atomic E-state index is 15.0. The second kappa shape index (κ2) is 13.5. The van der Waals surface area contributed by atoms with Crippen LogP contribution in [0.25, 0.3) is 0 Å². The zero-order valence-electron chi connectivity index (χ0n) is 22.8. The molecule has 0 atom stereocenters. The Hall–Kier alpha value is -3.16. The summed E-state index contributed by atoms with van der Waals surface area (Å²) in [6.07, 6.45) is 5.72. The van der Waals surface area contributed by atoms with Crippen LogP contribution in [0.2, 0.25) is 0 Å². The van der Waals surface area contributed by atoms with Crippen molar-refractivity contribution in [2.75, 3.05) is 6.61 Å². The maximum atomic E-state index is 15.0. The van der Waals surface area contributed by atoms with Crippen LogP contribution in [-0.4, -0.2) is 6.61 Å². The van der Waals surface area contributed by atoms with Gasteiger partial charge in [0, 0.05) is 5.56 Å². The third kappa shape index (κ3) is 6.58. The van der Waals surface area contributed by atoms with Gasteiger partial charge in [-0.3, -0.25) is 0 Å². The lowest BCUT2D eigenvalue weighted by Gasteiger charge is -2.30. The van der Waals surface area contributed by atoms with Crippen LogP contribution in [0.5, 0.6) is 11.5 Å². The van der Waals surface area contributed by atoms with E-state index in [1.54, 1.807) is 12.1 Å². The molecule has 3 aromatic rings. The standard InChI is InChI=1S/C32H34F6O2/c1-3-4-5-6-17-39-25-15-12-22(28(34)31(25)37)18-40-26-16-14-24(30(36)32(26)38)21-10-8-20(9-11-21)23-13-7-19(2)27(33)29(23)35/h7,12-16,20-21H,3-6,8-11,17-18H2,1-2H3. The van der Waals surface area contributed by atoms with Gasteiger partial charge in [0.15, 0.2) is 34.8 Å². The van der Waals surface area contributed by atoms with E-state index < -0.39 is 47.3 Å². The first-order valence-corrected chi connectivity index (χ1v) is 13.9. The lowest BCUT2D eigenvalue weighted by Crippen LogP contribution is -2.15. The summed E-state index contributed by atoms with van der Waals surface area (Å²) in [6.45, 7) is 3.34. The molecule has 40 heavy (non-hydrogen) atoms. The van der Waals surface area contributed by atoms with Gasteiger partial charge < -0.3 is 9.47 Å². The van der Waals surface area contributed by atoms with E-state index in [1.165, 1.54) is 31.2 Å². The van der Waals surface area contributed by atoms with E-state index in [0.717, 1.165) is 25.7 Å². The molecule has 0 bridgehead atoms. The Morgan fingerprint density at radius 3 is 1.80 bits per heavy atom. The second-order valence-corrected chi connectivity index (χ2v) is 10.5. The van der Waals surface area contributed by atoms with Crippen molar-refractivity contribution in [3.63, 3.8) is 0 Å². The van der Waals surface area contributed by atoms with Crippen LogP contribution >= 0.6 is 0 Å². The number of aryl methyl sites for hydroxylation is 1. The minimum Gasteiger partial charge on any atom is -0.490 e. The van der Waals surface area contributed by atoms with Gasteiger partial charge in [-0.25, -0.2) is 17.6 Å². The predicted molar refractivity (Wildman–Crippen MR) is 142 cm³/mol. The van der Waals surface area contributed by atoms with E-state index in [2.05, 4.69) is 6.92 Å². The number of halogens is 6. The topological polar surface area (TPSA) is 18.5 Å². The van der Waals surface area contributed by atoms with Gasteiger partial charge in [-0.05, 0) is 85.8 Å². The van der Waals surface area contributed by atoms with E-state index in [1.807, 2.05) is 0 Å².